The fraction of sp³-hybridized carbons (Fsp3) is 0.417. The maximum absolute atomic E-state index is 12.4. The molecule has 1 N–H and O–H groups in total. The van der Waals surface area contributed by atoms with Crippen LogP contribution in [-0.4, -0.2) is 16.5 Å². The number of anilines is 1. The summed E-state index contributed by atoms with van der Waals surface area (Å²) in [6.45, 7) is 3.80. The Bertz CT molecular complexity index is 415. The average molecular weight is 338 g/mol. The fourth-order valence-corrected chi connectivity index (χ4v) is 1.98. The minimum atomic E-state index is -2.51. The molecule has 0 saturated carbocycles. The van der Waals surface area contributed by atoms with Crippen LogP contribution in [0, 0.1) is 5.92 Å². The van der Waals surface area contributed by atoms with Gasteiger partial charge in [0.1, 0.15) is 0 Å². The Morgan fingerprint density at radius 1 is 1.33 bits per heavy atom. The van der Waals surface area contributed by atoms with Crippen molar-refractivity contribution >= 4 is 39.3 Å². The average Bonchev–Trinajstić information content (AvgIpc) is 2.29. The molecule has 0 heterocycles. The highest BCUT2D eigenvalue weighted by atomic mass is 79.9. The van der Waals surface area contributed by atoms with Gasteiger partial charge in [-0.15, -0.1) is 0 Å². The molecule has 1 amide bonds. The van der Waals surface area contributed by atoms with Crippen molar-refractivity contribution in [1.82, 2.24) is 0 Å². The number of carbonyl (C=O) groups is 1. The third kappa shape index (κ3) is 4.57. The number of hydrogen-bond donors (Lipinski definition) is 1. The lowest BCUT2D eigenvalue weighted by molar-refractivity contribution is -0.116. The van der Waals surface area contributed by atoms with Crippen molar-refractivity contribution in [2.75, 3.05) is 5.32 Å². The molecule has 0 bridgehead atoms. The molecule has 1 atom stereocenters. The molecule has 1 unspecified atom stereocenters. The first-order valence-corrected chi connectivity index (χ1v) is 7.20. The summed E-state index contributed by atoms with van der Waals surface area (Å²) in [6.07, 6.45) is 0. The van der Waals surface area contributed by atoms with E-state index in [4.69, 9.17) is 0 Å². The number of nitrogens with one attached hydrogen (secondary N) is 1. The van der Waals surface area contributed by atoms with Crippen LogP contribution in [0.2, 0.25) is 0 Å². The van der Waals surface area contributed by atoms with Crippen molar-refractivity contribution in [3.05, 3.63) is 24.3 Å². The second kappa shape index (κ2) is 7.09. The van der Waals surface area contributed by atoms with Gasteiger partial charge in [0.05, 0.1) is 10.5 Å². The molecule has 100 valence electrons. The van der Waals surface area contributed by atoms with Gasteiger partial charge in [0.25, 0.3) is 5.76 Å². The van der Waals surface area contributed by atoms with E-state index in [0.29, 0.717) is 22.3 Å². The molecule has 18 heavy (non-hydrogen) atoms. The van der Waals surface area contributed by atoms with Crippen molar-refractivity contribution in [3.8, 4) is 0 Å². The molecule has 0 aliphatic carbocycles. The molecule has 2 nitrogen and oxygen atoms in total. The number of alkyl halides is 3. The molecule has 1 aromatic carbocycles. The van der Waals surface area contributed by atoms with Gasteiger partial charge in [0, 0.05) is 4.90 Å². The summed E-state index contributed by atoms with van der Waals surface area (Å²) in [5.74, 6) is -2.61. The maximum atomic E-state index is 12.4. The van der Waals surface area contributed by atoms with Gasteiger partial charge in [0.2, 0.25) is 5.91 Å². The van der Waals surface area contributed by atoms with E-state index in [9.17, 15) is 13.6 Å². The molecule has 0 radical (unpaired) electrons. The zero-order valence-corrected chi connectivity index (χ0v) is 12.4. The van der Waals surface area contributed by atoms with E-state index in [2.05, 4.69) is 21.2 Å². The number of halogens is 3. The van der Waals surface area contributed by atoms with Crippen molar-refractivity contribution in [2.24, 2.45) is 5.92 Å². The van der Waals surface area contributed by atoms with E-state index in [1.54, 1.807) is 24.3 Å². The number of rotatable bonds is 5. The standard InChI is InChI=1S/C12H14BrF2NOS/c1-7(2)10(13)11(17)16-8-5-3-4-6-9(8)18-12(14)15/h3-7,10,12H,1-2H3,(H,16,17). The first-order valence-electron chi connectivity index (χ1n) is 5.40. The number of amides is 1. The summed E-state index contributed by atoms with van der Waals surface area (Å²) < 4.78 is 24.7. The molecule has 0 fully saturated rings. The van der Waals surface area contributed by atoms with Crippen molar-refractivity contribution in [1.29, 1.82) is 0 Å². The van der Waals surface area contributed by atoms with E-state index >= 15 is 0 Å². The lowest BCUT2D eigenvalue weighted by atomic mass is 10.1. The van der Waals surface area contributed by atoms with Gasteiger partial charge in [-0.3, -0.25) is 4.79 Å². The van der Waals surface area contributed by atoms with Gasteiger partial charge in [-0.05, 0) is 18.1 Å². The predicted molar refractivity (Wildman–Crippen MR) is 74.5 cm³/mol. The number of para-hydroxylation sites is 1. The largest absolute Gasteiger partial charge is 0.324 e. The highest BCUT2D eigenvalue weighted by Gasteiger charge is 2.20. The highest BCUT2D eigenvalue weighted by Crippen LogP contribution is 2.32. The van der Waals surface area contributed by atoms with Crippen molar-refractivity contribution < 1.29 is 13.6 Å². The van der Waals surface area contributed by atoms with Crippen molar-refractivity contribution in [2.45, 2.75) is 29.3 Å². The summed E-state index contributed by atoms with van der Waals surface area (Å²) in [4.78, 5) is 11.9. The van der Waals surface area contributed by atoms with Gasteiger partial charge in [-0.25, -0.2) is 0 Å². The molecular weight excluding hydrogens is 324 g/mol. The quantitative estimate of drug-likeness (QED) is 0.638. The molecule has 0 saturated heterocycles. The van der Waals surface area contributed by atoms with Crippen LogP contribution in [0.25, 0.3) is 0 Å². The van der Waals surface area contributed by atoms with E-state index in [-0.39, 0.29) is 16.7 Å². The Hall–Kier alpha value is -0.620. The summed E-state index contributed by atoms with van der Waals surface area (Å²) >= 11 is 3.70. The Balaban J connectivity index is 2.81. The van der Waals surface area contributed by atoms with Gasteiger partial charge < -0.3 is 5.32 Å². The second-order valence-corrected chi connectivity index (χ2v) is 6.03. The Labute approximate surface area is 118 Å². The van der Waals surface area contributed by atoms with E-state index in [1.807, 2.05) is 13.8 Å². The number of thioether (sulfide) groups is 1. The van der Waals surface area contributed by atoms with Crippen LogP contribution >= 0.6 is 27.7 Å². The normalized spacial score (nSPS) is 12.8. The van der Waals surface area contributed by atoms with Gasteiger partial charge in [-0.2, -0.15) is 8.78 Å². The maximum Gasteiger partial charge on any atom is 0.288 e. The molecule has 0 aliphatic rings. The third-order valence-electron chi connectivity index (χ3n) is 2.20. The molecule has 6 heteroatoms. The molecule has 1 aromatic rings. The fourth-order valence-electron chi connectivity index (χ4n) is 1.27. The van der Waals surface area contributed by atoms with E-state index < -0.39 is 5.76 Å². The first-order chi connectivity index (χ1) is 8.41. The zero-order chi connectivity index (χ0) is 13.7. The number of benzene rings is 1. The molecule has 0 spiro atoms. The van der Waals surface area contributed by atoms with Crippen LogP contribution in [0.1, 0.15) is 13.8 Å². The third-order valence-corrected chi connectivity index (χ3v) is 4.46. The van der Waals surface area contributed by atoms with E-state index in [0.717, 1.165) is 0 Å². The smallest absolute Gasteiger partial charge is 0.288 e. The molecular formula is C12H14BrF2NOS. The van der Waals surface area contributed by atoms with Gasteiger partial charge in [0.15, 0.2) is 0 Å². The Morgan fingerprint density at radius 3 is 2.50 bits per heavy atom. The Morgan fingerprint density at radius 2 is 1.94 bits per heavy atom. The number of hydrogen-bond acceptors (Lipinski definition) is 2. The topological polar surface area (TPSA) is 29.1 Å². The van der Waals surface area contributed by atoms with Crippen LogP contribution in [0.3, 0.4) is 0 Å². The predicted octanol–water partition coefficient (Wildman–Crippen LogP) is 4.36. The summed E-state index contributed by atoms with van der Waals surface area (Å²) in [5, 5.41) is 2.66. The zero-order valence-electron chi connectivity index (χ0n) is 9.99. The van der Waals surface area contributed by atoms with Crippen LogP contribution in [0.15, 0.2) is 29.2 Å². The van der Waals surface area contributed by atoms with E-state index in [1.165, 1.54) is 0 Å². The van der Waals surface area contributed by atoms with Crippen molar-refractivity contribution in [3.63, 3.8) is 0 Å². The molecule has 0 aliphatic heterocycles. The minimum Gasteiger partial charge on any atom is -0.324 e. The second-order valence-electron chi connectivity index (χ2n) is 4.01. The first kappa shape index (κ1) is 15.4. The van der Waals surface area contributed by atoms with Crippen LogP contribution in [0.4, 0.5) is 14.5 Å². The lowest BCUT2D eigenvalue weighted by Gasteiger charge is -2.15. The summed E-state index contributed by atoms with van der Waals surface area (Å²) in [6, 6.07) is 6.53. The van der Waals surface area contributed by atoms with Gasteiger partial charge in [-0.1, -0.05) is 53.7 Å². The number of carbonyl (C=O) groups excluding carboxylic acids is 1. The molecule has 1 rings (SSSR count). The lowest BCUT2D eigenvalue weighted by Crippen LogP contribution is -2.27. The van der Waals surface area contributed by atoms with Crippen LogP contribution in [-0.2, 0) is 4.79 Å². The highest BCUT2D eigenvalue weighted by molar-refractivity contribution is 9.10. The molecule has 0 aromatic heterocycles. The monoisotopic (exact) mass is 337 g/mol. The van der Waals surface area contributed by atoms with Gasteiger partial charge >= 0.3 is 0 Å². The van der Waals surface area contributed by atoms with Crippen LogP contribution < -0.4 is 5.32 Å². The summed E-state index contributed by atoms with van der Waals surface area (Å²) in [7, 11) is 0. The Kier molecular flexibility index (Phi) is 6.08. The SMILES string of the molecule is CC(C)C(Br)C(=O)Nc1ccccc1SC(F)F. The minimum absolute atomic E-state index is 0.125. The summed E-state index contributed by atoms with van der Waals surface area (Å²) in [5.41, 5.74) is 0.415. The van der Waals surface area contributed by atoms with Crippen LogP contribution in [0.5, 0.6) is 0 Å².